The van der Waals surface area contributed by atoms with Crippen LogP contribution < -0.4 is 10.1 Å². The van der Waals surface area contributed by atoms with Crippen molar-refractivity contribution >= 4 is 0 Å². The van der Waals surface area contributed by atoms with Gasteiger partial charge in [-0.1, -0.05) is 35.9 Å². The lowest BCUT2D eigenvalue weighted by Crippen LogP contribution is -2.32. The first-order chi connectivity index (χ1) is 11.5. The van der Waals surface area contributed by atoms with Crippen molar-refractivity contribution < 1.29 is 9.84 Å². The Kier molecular flexibility index (Phi) is 7.29. The SMILES string of the molecule is Cc1cccc(OCC(O)CNCCCc2cc(C)ccc2C)c1. The van der Waals surface area contributed by atoms with Crippen LogP contribution >= 0.6 is 0 Å². The van der Waals surface area contributed by atoms with Crippen molar-refractivity contribution in [2.75, 3.05) is 19.7 Å². The van der Waals surface area contributed by atoms with Crippen LogP contribution in [0.2, 0.25) is 0 Å². The first kappa shape index (κ1) is 18.5. The summed E-state index contributed by atoms with van der Waals surface area (Å²) in [7, 11) is 0. The average molecular weight is 327 g/mol. The summed E-state index contributed by atoms with van der Waals surface area (Å²) in [6.07, 6.45) is 1.64. The molecule has 1 atom stereocenters. The molecule has 0 bridgehead atoms. The third-order valence-corrected chi connectivity index (χ3v) is 4.12. The van der Waals surface area contributed by atoms with Crippen molar-refractivity contribution in [3.8, 4) is 5.75 Å². The Bertz CT molecular complexity index is 639. The zero-order chi connectivity index (χ0) is 17.4. The zero-order valence-corrected chi connectivity index (χ0v) is 15.0. The number of aliphatic hydroxyl groups excluding tert-OH is 1. The summed E-state index contributed by atoms with van der Waals surface area (Å²) in [6, 6.07) is 14.5. The van der Waals surface area contributed by atoms with Crippen LogP contribution in [0.15, 0.2) is 42.5 Å². The molecule has 0 heterocycles. The Balaban J connectivity index is 1.61. The monoisotopic (exact) mass is 327 g/mol. The summed E-state index contributed by atoms with van der Waals surface area (Å²) in [5, 5.41) is 13.3. The quantitative estimate of drug-likeness (QED) is 0.692. The first-order valence-corrected chi connectivity index (χ1v) is 8.69. The Morgan fingerprint density at radius 2 is 1.83 bits per heavy atom. The molecular weight excluding hydrogens is 298 g/mol. The van der Waals surface area contributed by atoms with E-state index in [-0.39, 0.29) is 0 Å². The molecule has 0 aliphatic heterocycles. The lowest BCUT2D eigenvalue weighted by atomic mass is 10.0. The van der Waals surface area contributed by atoms with E-state index >= 15 is 0 Å². The first-order valence-electron chi connectivity index (χ1n) is 8.69. The van der Waals surface area contributed by atoms with Gasteiger partial charge in [0.05, 0.1) is 0 Å². The van der Waals surface area contributed by atoms with Crippen LogP contribution in [0.4, 0.5) is 0 Å². The fourth-order valence-electron chi connectivity index (χ4n) is 2.70. The van der Waals surface area contributed by atoms with Gasteiger partial charge in [-0.25, -0.2) is 0 Å². The van der Waals surface area contributed by atoms with Crippen molar-refractivity contribution in [1.29, 1.82) is 0 Å². The molecular formula is C21H29NO2. The number of benzene rings is 2. The third kappa shape index (κ3) is 6.34. The second-order valence-electron chi connectivity index (χ2n) is 6.52. The maximum Gasteiger partial charge on any atom is 0.119 e. The van der Waals surface area contributed by atoms with Crippen LogP contribution in [0.3, 0.4) is 0 Å². The maximum atomic E-state index is 9.99. The minimum atomic E-state index is -0.494. The Morgan fingerprint density at radius 1 is 1.04 bits per heavy atom. The summed E-state index contributed by atoms with van der Waals surface area (Å²) < 4.78 is 5.61. The second-order valence-corrected chi connectivity index (χ2v) is 6.52. The molecule has 0 aliphatic rings. The van der Waals surface area contributed by atoms with Crippen LogP contribution in [0.1, 0.15) is 28.7 Å². The smallest absolute Gasteiger partial charge is 0.119 e. The van der Waals surface area contributed by atoms with Crippen molar-refractivity contribution in [2.24, 2.45) is 0 Å². The predicted molar refractivity (Wildman–Crippen MR) is 99.8 cm³/mol. The molecule has 2 aromatic rings. The molecule has 1 unspecified atom stereocenters. The largest absolute Gasteiger partial charge is 0.491 e. The van der Waals surface area contributed by atoms with Gasteiger partial charge in [-0.3, -0.25) is 0 Å². The van der Waals surface area contributed by atoms with Crippen LogP contribution in [-0.2, 0) is 6.42 Å². The van der Waals surface area contributed by atoms with Gasteiger partial charge in [0, 0.05) is 6.54 Å². The number of aliphatic hydroxyl groups is 1. The standard InChI is InChI=1S/C21H29NO2/c1-16-6-4-8-21(13-16)24-15-20(23)14-22-11-5-7-19-12-17(2)9-10-18(19)3/h4,6,8-10,12-13,20,22-23H,5,7,11,14-15H2,1-3H3. The topological polar surface area (TPSA) is 41.5 Å². The molecule has 2 N–H and O–H groups in total. The lowest BCUT2D eigenvalue weighted by molar-refractivity contribution is 0.106. The Hall–Kier alpha value is -1.84. The number of nitrogens with one attached hydrogen (secondary N) is 1. The highest BCUT2D eigenvalue weighted by Crippen LogP contribution is 2.13. The van der Waals surface area contributed by atoms with Gasteiger partial charge in [0.1, 0.15) is 18.5 Å². The highest BCUT2D eigenvalue weighted by Gasteiger charge is 2.05. The van der Waals surface area contributed by atoms with E-state index in [0.29, 0.717) is 13.2 Å². The number of hydrogen-bond donors (Lipinski definition) is 2. The predicted octanol–water partition coefficient (Wildman–Crippen LogP) is 3.57. The summed E-state index contributed by atoms with van der Waals surface area (Å²) >= 11 is 0. The molecule has 0 saturated carbocycles. The molecule has 0 spiro atoms. The molecule has 130 valence electrons. The molecule has 0 amide bonds. The van der Waals surface area contributed by atoms with Crippen LogP contribution in [-0.4, -0.2) is 30.9 Å². The van der Waals surface area contributed by atoms with E-state index in [1.165, 1.54) is 16.7 Å². The molecule has 2 rings (SSSR count). The van der Waals surface area contributed by atoms with E-state index in [2.05, 4.69) is 37.4 Å². The maximum absolute atomic E-state index is 9.99. The fourth-order valence-corrected chi connectivity index (χ4v) is 2.70. The van der Waals surface area contributed by atoms with Crippen molar-refractivity contribution in [1.82, 2.24) is 5.32 Å². The molecule has 0 fully saturated rings. The summed E-state index contributed by atoms with van der Waals surface area (Å²) in [5.74, 6) is 0.809. The van der Waals surface area contributed by atoms with Crippen molar-refractivity contribution in [3.05, 3.63) is 64.7 Å². The number of rotatable bonds is 9. The van der Waals surface area contributed by atoms with Gasteiger partial charge in [-0.2, -0.15) is 0 Å². The molecule has 24 heavy (non-hydrogen) atoms. The summed E-state index contributed by atoms with van der Waals surface area (Å²) in [5.41, 5.74) is 5.24. The van der Waals surface area contributed by atoms with Crippen molar-refractivity contribution in [3.63, 3.8) is 0 Å². The summed E-state index contributed by atoms with van der Waals surface area (Å²) in [6.45, 7) is 8.09. The Labute approximate surface area is 145 Å². The van der Waals surface area contributed by atoms with E-state index < -0.39 is 6.10 Å². The molecule has 0 radical (unpaired) electrons. The van der Waals surface area contributed by atoms with E-state index in [1.807, 2.05) is 31.2 Å². The van der Waals surface area contributed by atoms with Crippen molar-refractivity contribution in [2.45, 2.75) is 39.7 Å². The van der Waals surface area contributed by atoms with Gasteiger partial charge in [0.25, 0.3) is 0 Å². The van der Waals surface area contributed by atoms with E-state index in [1.54, 1.807) is 0 Å². The van der Waals surface area contributed by atoms with E-state index in [9.17, 15) is 5.11 Å². The molecule has 3 nitrogen and oxygen atoms in total. The van der Waals surface area contributed by atoms with Gasteiger partial charge < -0.3 is 15.2 Å². The van der Waals surface area contributed by atoms with E-state index in [4.69, 9.17) is 4.74 Å². The van der Waals surface area contributed by atoms with Gasteiger partial charge in [-0.15, -0.1) is 0 Å². The van der Waals surface area contributed by atoms with Crippen LogP contribution in [0.5, 0.6) is 5.75 Å². The molecule has 0 saturated heterocycles. The van der Waals surface area contributed by atoms with Crippen LogP contribution in [0, 0.1) is 20.8 Å². The molecule has 3 heteroatoms. The molecule has 0 aromatic heterocycles. The minimum absolute atomic E-state index is 0.313. The fraction of sp³-hybridized carbons (Fsp3) is 0.429. The van der Waals surface area contributed by atoms with Gasteiger partial charge >= 0.3 is 0 Å². The Morgan fingerprint density at radius 3 is 2.62 bits per heavy atom. The second kappa shape index (κ2) is 9.45. The lowest BCUT2D eigenvalue weighted by Gasteiger charge is -2.14. The number of aryl methyl sites for hydroxylation is 4. The minimum Gasteiger partial charge on any atom is -0.491 e. The molecule has 2 aromatic carbocycles. The summed E-state index contributed by atoms with van der Waals surface area (Å²) in [4.78, 5) is 0. The molecule has 0 aliphatic carbocycles. The van der Waals surface area contributed by atoms with Gasteiger partial charge in [0.2, 0.25) is 0 Å². The third-order valence-electron chi connectivity index (χ3n) is 4.12. The van der Waals surface area contributed by atoms with E-state index in [0.717, 1.165) is 30.7 Å². The zero-order valence-electron chi connectivity index (χ0n) is 15.0. The number of ether oxygens (including phenoxy) is 1. The highest BCUT2D eigenvalue weighted by molar-refractivity contribution is 5.30. The van der Waals surface area contributed by atoms with Crippen LogP contribution in [0.25, 0.3) is 0 Å². The van der Waals surface area contributed by atoms with Gasteiger partial charge in [0.15, 0.2) is 0 Å². The number of hydrogen-bond acceptors (Lipinski definition) is 3. The average Bonchev–Trinajstić information content (AvgIpc) is 2.56. The normalized spacial score (nSPS) is 12.2. The van der Waals surface area contributed by atoms with Gasteiger partial charge in [-0.05, 0) is 69.0 Å². The highest BCUT2D eigenvalue weighted by atomic mass is 16.5.